The van der Waals surface area contributed by atoms with Crippen molar-refractivity contribution in [3.05, 3.63) is 70.6 Å². The second-order valence-corrected chi connectivity index (χ2v) is 7.26. The molecule has 1 heterocycles. The summed E-state index contributed by atoms with van der Waals surface area (Å²) in [5.41, 5.74) is 4.98. The highest BCUT2D eigenvalue weighted by molar-refractivity contribution is 7.14. The van der Waals surface area contributed by atoms with E-state index >= 15 is 0 Å². The minimum absolute atomic E-state index is 0.148. The van der Waals surface area contributed by atoms with Gasteiger partial charge in [0.1, 0.15) is 0 Å². The number of benzene rings is 2. The van der Waals surface area contributed by atoms with Crippen molar-refractivity contribution in [3.8, 4) is 11.3 Å². The highest BCUT2D eigenvalue weighted by Crippen LogP contribution is 2.25. The number of aryl methyl sites for hydroxylation is 2. The molecule has 0 saturated heterocycles. The number of anilines is 1. The molecule has 0 unspecified atom stereocenters. The Balaban J connectivity index is 1.50. The summed E-state index contributed by atoms with van der Waals surface area (Å²) in [6.07, 6.45) is 1.14. The third-order valence-electron chi connectivity index (χ3n) is 4.37. The molecule has 144 valence electrons. The van der Waals surface area contributed by atoms with Gasteiger partial charge in [0.05, 0.1) is 12.1 Å². The third kappa shape index (κ3) is 5.27. The fourth-order valence-electron chi connectivity index (χ4n) is 2.69. The summed E-state index contributed by atoms with van der Waals surface area (Å²) < 4.78 is 5.08. The Kier molecular flexibility index (Phi) is 6.55. The van der Waals surface area contributed by atoms with Crippen LogP contribution >= 0.6 is 11.3 Å². The van der Waals surface area contributed by atoms with E-state index in [0.29, 0.717) is 5.13 Å². The highest BCUT2D eigenvalue weighted by atomic mass is 32.1. The van der Waals surface area contributed by atoms with Crippen LogP contribution in [0.25, 0.3) is 11.3 Å². The quantitative estimate of drug-likeness (QED) is 0.603. The molecule has 28 heavy (non-hydrogen) atoms. The van der Waals surface area contributed by atoms with E-state index in [1.807, 2.05) is 48.7 Å². The Morgan fingerprint density at radius 2 is 1.86 bits per heavy atom. The molecular formula is C22H22N2O3S. The molecule has 0 fully saturated rings. The second-order valence-electron chi connectivity index (χ2n) is 6.40. The van der Waals surface area contributed by atoms with Gasteiger partial charge in [0.15, 0.2) is 11.7 Å². The van der Waals surface area contributed by atoms with Crippen molar-refractivity contribution in [2.75, 3.05) is 11.9 Å². The Hall–Kier alpha value is -2.99. The first-order valence-electron chi connectivity index (χ1n) is 9.10. The largest absolute Gasteiger partial charge is 0.455 e. The van der Waals surface area contributed by atoms with Crippen LogP contribution in [0.2, 0.25) is 0 Å². The lowest BCUT2D eigenvalue weighted by Crippen LogP contribution is -2.21. The highest BCUT2D eigenvalue weighted by Gasteiger charge is 2.12. The van der Waals surface area contributed by atoms with Crippen molar-refractivity contribution in [1.29, 1.82) is 0 Å². The minimum atomic E-state index is -0.430. The average Bonchev–Trinajstić information content (AvgIpc) is 3.16. The monoisotopic (exact) mass is 394 g/mol. The van der Waals surface area contributed by atoms with E-state index in [1.165, 1.54) is 16.9 Å². The Bertz CT molecular complexity index is 964. The fourth-order valence-corrected chi connectivity index (χ4v) is 3.43. The van der Waals surface area contributed by atoms with Gasteiger partial charge in [0.2, 0.25) is 0 Å². The van der Waals surface area contributed by atoms with E-state index in [1.54, 1.807) is 0 Å². The molecule has 0 saturated carbocycles. The summed E-state index contributed by atoms with van der Waals surface area (Å²) in [6.45, 7) is 3.72. The number of ether oxygens (including phenoxy) is 1. The predicted molar refractivity (Wildman–Crippen MR) is 111 cm³/mol. The van der Waals surface area contributed by atoms with E-state index in [0.717, 1.165) is 28.8 Å². The van der Waals surface area contributed by atoms with E-state index < -0.39 is 11.9 Å². The summed E-state index contributed by atoms with van der Waals surface area (Å²) in [5.74, 6) is -0.833. The zero-order valence-corrected chi connectivity index (χ0v) is 16.7. The van der Waals surface area contributed by atoms with Gasteiger partial charge in [-0.05, 0) is 30.0 Å². The molecule has 0 bridgehead atoms. The van der Waals surface area contributed by atoms with Gasteiger partial charge in [-0.15, -0.1) is 11.3 Å². The number of rotatable bonds is 7. The molecule has 1 aromatic heterocycles. The summed E-state index contributed by atoms with van der Waals surface area (Å²) in [6, 6.07) is 15.8. The van der Waals surface area contributed by atoms with Crippen LogP contribution in [0, 0.1) is 6.92 Å². The first-order valence-corrected chi connectivity index (χ1v) is 9.98. The number of nitrogens with zero attached hydrogens (tertiary/aromatic N) is 1. The summed E-state index contributed by atoms with van der Waals surface area (Å²) in [7, 11) is 0. The number of aromatic nitrogens is 1. The van der Waals surface area contributed by atoms with Crippen LogP contribution in [0.1, 0.15) is 23.6 Å². The van der Waals surface area contributed by atoms with Gasteiger partial charge in [-0.3, -0.25) is 14.9 Å². The van der Waals surface area contributed by atoms with Crippen LogP contribution < -0.4 is 5.32 Å². The molecule has 0 atom stereocenters. The molecule has 0 radical (unpaired) electrons. The Labute approximate surface area is 168 Å². The van der Waals surface area contributed by atoms with Crippen molar-refractivity contribution in [2.24, 2.45) is 0 Å². The Morgan fingerprint density at radius 1 is 1.11 bits per heavy atom. The molecule has 3 aromatic rings. The molecule has 0 aliphatic rings. The van der Waals surface area contributed by atoms with E-state index in [-0.39, 0.29) is 13.0 Å². The van der Waals surface area contributed by atoms with Gasteiger partial charge in [-0.1, -0.05) is 55.5 Å². The lowest BCUT2D eigenvalue weighted by atomic mass is 10.1. The van der Waals surface area contributed by atoms with Crippen LogP contribution in [0.15, 0.2) is 53.9 Å². The topological polar surface area (TPSA) is 68.3 Å². The summed E-state index contributed by atoms with van der Waals surface area (Å²) >= 11 is 1.34. The maximum Gasteiger partial charge on any atom is 0.310 e. The Morgan fingerprint density at radius 3 is 2.57 bits per heavy atom. The standard InChI is InChI=1S/C22H22N2O3S/c1-3-16-8-10-17(11-9-16)19-14-28-22(23-19)24-20(25)13-27-21(26)12-18-7-5-4-6-15(18)2/h4-11,14H,3,12-13H2,1-2H3,(H,23,24,25). The average molecular weight is 394 g/mol. The smallest absolute Gasteiger partial charge is 0.310 e. The van der Waals surface area contributed by atoms with Crippen molar-refractivity contribution >= 4 is 28.3 Å². The summed E-state index contributed by atoms with van der Waals surface area (Å²) in [5, 5.41) is 5.05. The fraction of sp³-hybridized carbons (Fsp3) is 0.227. The normalized spacial score (nSPS) is 10.5. The molecule has 0 spiro atoms. The van der Waals surface area contributed by atoms with Gasteiger partial charge in [-0.25, -0.2) is 4.98 Å². The van der Waals surface area contributed by atoms with Crippen molar-refractivity contribution < 1.29 is 14.3 Å². The first-order chi connectivity index (χ1) is 13.5. The number of hydrogen-bond donors (Lipinski definition) is 1. The van der Waals surface area contributed by atoms with E-state index in [4.69, 9.17) is 4.74 Å². The van der Waals surface area contributed by atoms with Crippen molar-refractivity contribution in [2.45, 2.75) is 26.7 Å². The molecule has 6 heteroatoms. The van der Waals surface area contributed by atoms with Crippen LogP contribution in [-0.4, -0.2) is 23.5 Å². The molecule has 3 rings (SSSR count). The molecule has 1 amide bonds. The van der Waals surface area contributed by atoms with Gasteiger partial charge in [-0.2, -0.15) is 0 Å². The summed E-state index contributed by atoms with van der Waals surface area (Å²) in [4.78, 5) is 28.4. The third-order valence-corrected chi connectivity index (χ3v) is 5.13. The maximum absolute atomic E-state index is 12.0. The maximum atomic E-state index is 12.0. The number of carbonyl (C=O) groups excluding carboxylic acids is 2. The van der Waals surface area contributed by atoms with Crippen LogP contribution in [0.3, 0.4) is 0 Å². The molecular weight excluding hydrogens is 372 g/mol. The lowest BCUT2D eigenvalue weighted by Gasteiger charge is -2.06. The minimum Gasteiger partial charge on any atom is -0.455 e. The van der Waals surface area contributed by atoms with Crippen LogP contribution in [0.4, 0.5) is 5.13 Å². The predicted octanol–water partition coefficient (Wildman–Crippen LogP) is 4.41. The second kappa shape index (κ2) is 9.28. The van der Waals surface area contributed by atoms with E-state index in [2.05, 4.69) is 29.4 Å². The van der Waals surface area contributed by atoms with Crippen molar-refractivity contribution in [3.63, 3.8) is 0 Å². The number of esters is 1. The van der Waals surface area contributed by atoms with Crippen LogP contribution in [-0.2, 0) is 27.2 Å². The molecule has 1 N–H and O–H groups in total. The molecule has 5 nitrogen and oxygen atoms in total. The van der Waals surface area contributed by atoms with Gasteiger partial charge in [0, 0.05) is 10.9 Å². The van der Waals surface area contributed by atoms with Crippen LogP contribution in [0.5, 0.6) is 0 Å². The molecule has 0 aliphatic heterocycles. The molecule has 2 aromatic carbocycles. The zero-order chi connectivity index (χ0) is 19.9. The zero-order valence-electron chi connectivity index (χ0n) is 15.9. The molecule has 0 aliphatic carbocycles. The number of hydrogen-bond acceptors (Lipinski definition) is 5. The number of nitrogens with one attached hydrogen (secondary N) is 1. The first kappa shape index (κ1) is 19.8. The lowest BCUT2D eigenvalue weighted by molar-refractivity contribution is -0.146. The number of thiazole rings is 1. The van der Waals surface area contributed by atoms with Gasteiger partial charge < -0.3 is 4.74 Å². The van der Waals surface area contributed by atoms with Crippen molar-refractivity contribution in [1.82, 2.24) is 4.98 Å². The van der Waals surface area contributed by atoms with E-state index in [9.17, 15) is 9.59 Å². The van der Waals surface area contributed by atoms with Gasteiger partial charge in [0.25, 0.3) is 5.91 Å². The SMILES string of the molecule is CCc1ccc(-c2csc(NC(=O)COC(=O)Cc3ccccc3C)n2)cc1. The van der Waals surface area contributed by atoms with Gasteiger partial charge >= 0.3 is 5.97 Å². The number of amides is 1. The number of carbonyl (C=O) groups is 2.